The van der Waals surface area contributed by atoms with Gasteiger partial charge in [-0.05, 0) is 44.4 Å². The van der Waals surface area contributed by atoms with Crippen molar-refractivity contribution in [3.05, 3.63) is 0 Å². The van der Waals surface area contributed by atoms with E-state index in [9.17, 15) is 16.8 Å². The molecule has 3 atom stereocenters. The van der Waals surface area contributed by atoms with Crippen LogP contribution in [0.15, 0.2) is 0 Å². The second kappa shape index (κ2) is 7.80. The highest BCUT2D eigenvalue weighted by Gasteiger charge is 2.43. The second-order valence-electron chi connectivity index (χ2n) is 7.46. The summed E-state index contributed by atoms with van der Waals surface area (Å²) in [4.78, 5) is 0. The average Bonchev–Trinajstić information content (AvgIpc) is 2.34. The maximum atomic E-state index is 13.0. The predicted molar refractivity (Wildman–Crippen MR) is 92.4 cm³/mol. The monoisotopic (exact) mass is 369 g/mol. The molecule has 0 spiro atoms. The zero-order valence-electron chi connectivity index (χ0n) is 14.7. The van der Waals surface area contributed by atoms with Crippen molar-refractivity contribution >= 4 is 20.1 Å². The van der Waals surface area contributed by atoms with Crippen LogP contribution in [-0.2, 0) is 20.1 Å². The van der Waals surface area contributed by atoms with Crippen molar-refractivity contribution in [2.45, 2.75) is 64.0 Å². The van der Waals surface area contributed by atoms with Crippen molar-refractivity contribution in [1.29, 1.82) is 0 Å². The Labute approximate surface area is 141 Å². The maximum absolute atomic E-state index is 13.0. The Morgan fingerprint density at radius 2 is 1.78 bits per heavy atom. The van der Waals surface area contributed by atoms with Gasteiger partial charge in [-0.25, -0.2) is 12.7 Å². The van der Waals surface area contributed by atoms with Crippen molar-refractivity contribution in [2.75, 3.05) is 19.3 Å². The first-order chi connectivity index (χ1) is 10.4. The summed E-state index contributed by atoms with van der Waals surface area (Å²) in [7, 11) is -6.07. The smallest absolute Gasteiger partial charge is 0.264 e. The average molecular weight is 370 g/mol. The summed E-state index contributed by atoms with van der Waals surface area (Å²) >= 11 is 0. The molecule has 1 saturated carbocycles. The normalized spacial score (nSPS) is 30.9. The third kappa shape index (κ3) is 5.99. The molecule has 6 nitrogen and oxygen atoms in total. The Morgan fingerprint density at radius 3 is 2.35 bits per heavy atom. The molecule has 2 unspecified atom stereocenters. The summed E-state index contributed by atoms with van der Waals surface area (Å²) in [6, 6.07) is 0. The van der Waals surface area contributed by atoms with E-state index in [1.54, 1.807) is 0 Å². The second-order valence-corrected chi connectivity index (χ2v) is 11.6. The number of sulfonamides is 1. The molecule has 0 aromatic rings. The van der Waals surface area contributed by atoms with Gasteiger partial charge in [0.15, 0.2) is 0 Å². The molecule has 1 aliphatic carbocycles. The van der Waals surface area contributed by atoms with Crippen molar-refractivity contribution in [1.82, 2.24) is 4.31 Å². The molecule has 0 heterocycles. The van der Waals surface area contributed by atoms with Gasteiger partial charge in [0.1, 0.15) is 0 Å². The largest absolute Gasteiger partial charge is 0.286 e. The summed E-state index contributed by atoms with van der Waals surface area (Å²) in [5, 5.41) is 0. The fraction of sp³-hybridized carbons (Fsp3) is 1.00. The van der Waals surface area contributed by atoms with E-state index in [-0.39, 0.29) is 13.0 Å². The lowest BCUT2D eigenvalue weighted by molar-refractivity contribution is 0.281. The van der Waals surface area contributed by atoms with Crippen molar-refractivity contribution in [3.63, 3.8) is 0 Å². The van der Waals surface area contributed by atoms with Crippen LogP contribution < -0.4 is 0 Å². The van der Waals surface area contributed by atoms with E-state index < -0.39 is 30.6 Å². The summed E-state index contributed by atoms with van der Waals surface area (Å²) in [6.45, 7) is 6.24. The van der Waals surface area contributed by atoms with Gasteiger partial charge in [-0.2, -0.15) is 8.42 Å². The van der Waals surface area contributed by atoms with Gasteiger partial charge in [0.2, 0.25) is 10.0 Å². The molecule has 8 heteroatoms. The highest BCUT2D eigenvalue weighted by Crippen LogP contribution is 2.38. The lowest BCUT2D eigenvalue weighted by atomic mass is 9.81. The van der Waals surface area contributed by atoms with Crippen molar-refractivity contribution < 1.29 is 21.4 Å². The van der Waals surface area contributed by atoms with E-state index in [0.29, 0.717) is 24.7 Å². The van der Waals surface area contributed by atoms with Crippen LogP contribution in [0.2, 0.25) is 0 Å². The van der Waals surface area contributed by atoms with E-state index in [1.165, 1.54) is 11.4 Å². The highest BCUT2D eigenvalue weighted by atomic mass is 32.2. The van der Waals surface area contributed by atoms with Crippen molar-refractivity contribution in [3.8, 4) is 0 Å². The molecule has 0 aromatic heterocycles. The number of nitrogens with zero attached hydrogens (tertiary/aromatic N) is 1. The van der Waals surface area contributed by atoms with E-state index >= 15 is 0 Å². The quantitative estimate of drug-likeness (QED) is 0.726. The summed E-state index contributed by atoms with van der Waals surface area (Å²) < 4.78 is 56.7. The maximum Gasteiger partial charge on any atom is 0.264 e. The van der Waals surface area contributed by atoms with Crippen LogP contribution in [0.4, 0.5) is 0 Å². The van der Waals surface area contributed by atoms with Gasteiger partial charge in [-0.1, -0.05) is 26.7 Å². The number of hydrogen-bond acceptors (Lipinski definition) is 4. The molecule has 1 aliphatic rings. The zero-order valence-corrected chi connectivity index (χ0v) is 16.3. The van der Waals surface area contributed by atoms with E-state index in [4.69, 9.17) is 4.55 Å². The molecule has 23 heavy (non-hydrogen) atoms. The lowest BCUT2D eigenvalue weighted by Gasteiger charge is -2.38. The Hall–Kier alpha value is -0.180. The standard InChI is InChI=1S/C15H31NO5S2/c1-13-7-5-8-15(3,12-14(2)11-13)23(20,21)16(4)9-6-10-22(17,18)19/h13-14H,5-12H2,1-4H3,(H,17,18,19)/t13?,14-,15?/m0/s1. The first-order valence-electron chi connectivity index (χ1n) is 8.28. The minimum absolute atomic E-state index is 0.0945. The number of hydrogen-bond donors (Lipinski definition) is 1. The molecule has 0 aromatic carbocycles. The van der Waals surface area contributed by atoms with Gasteiger partial charge >= 0.3 is 0 Å². The van der Waals surface area contributed by atoms with Gasteiger partial charge in [-0.3, -0.25) is 4.55 Å². The zero-order chi connectivity index (χ0) is 17.9. The van der Waals surface area contributed by atoms with Gasteiger partial charge in [0.25, 0.3) is 10.1 Å². The molecule has 138 valence electrons. The van der Waals surface area contributed by atoms with Crippen LogP contribution in [0.5, 0.6) is 0 Å². The molecule has 1 fully saturated rings. The van der Waals surface area contributed by atoms with Crippen LogP contribution in [0.1, 0.15) is 59.3 Å². The molecule has 0 saturated heterocycles. The van der Waals surface area contributed by atoms with E-state index in [2.05, 4.69) is 13.8 Å². The molecule has 0 amide bonds. The molecule has 1 rings (SSSR count). The predicted octanol–water partition coefficient (Wildman–Crippen LogP) is 2.52. The molecular weight excluding hydrogens is 338 g/mol. The minimum atomic E-state index is -4.05. The van der Waals surface area contributed by atoms with Gasteiger partial charge in [0.05, 0.1) is 10.5 Å². The van der Waals surface area contributed by atoms with Crippen LogP contribution in [-0.4, -0.2) is 49.8 Å². The Morgan fingerprint density at radius 1 is 1.17 bits per heavy atom. The van der Waals surface area contributed by atoms with Gasteiger partial charge in [-0.15, -0.1) is 0 Å². The third-order valence-electron chi connectivity index (χ3n) is 4.90. The third-order valence-corrected chi connectivity index (χ3v) is 8.32. The lowest BCUT2D eigenvalue weighted by Crippen LogP contribution is -2.47. The topological polar surface area (TPSA) is 91.8 Å². The summed E-state index contributed by atoms with van der Waals surface area (Å²) in [6.07, 6.45) is 4.33. The van der Waals surface area contributed by atoms with Gasteiger partial charge in [0, 0.05) is 13.6 Å². The number of rotatable bonds is 6. The van der Waals surface area contributed by atoms with Crippen molar-refractivity contribution in [2.24, 2.45) is 11.8 Å². The highest BCUT2D eigenvalue weighted by molar-refractivity contribution is 7.90. The Balaban J connectivity index is 2.82. The summed E-state index contributed by atoms with van der Waals surface area (Å²) in [5.41, 5.74) is 0. The first-order valence-corrected chi connectivity index (χ1v) is 11.3. The van der Waals surface area contributed by atoms with E-state index in [0.717, 1.165) is 19.3 Å². The molecular formula is C15H31NO5S2. The molecule has 0 aliphatic heterocycles. The molecule has 1 N–H and O–H groups in total. The van der Waals surface area contributed by atoms with Crippen LogP contribution in [0.25, 0.3) is 0 Å². The fourth-order valence-electron chi connectivity index (χ4n) is 3.75. The molecule has 0 radical (unpaired) electrons. The van der Waals surface area contributed by atoms with Crippen LogP contribution >= 0.6 is 0 Å². The minimum Gasteiger partial charge on any atom is -0.286 e. The molecule has 0 bridgehead atoms. The van der Waals surface area contributed by atoms with Gasteiger partial charge < -0.3 is 0 Å². The Kier molecular flexibility index (Phi) is 7.08. The van der Waals surface area contributed by atoms with Crippen LogP contribution in [0, 0.1) is 11.8 Å². The SMILES string of the molecule is CC1CCCC(C)(S(=O)(=O)N(C)CCCS(=O)(=O)O)C[C@@H](C)C1. The fourth-order valence-corrected chi connectivity index (χ4v) is 6.27. The van der Waals surface area contributed by atoms with E-state index in [1.807, 2.05) is 6.92 Å². The Bertz CT molecular complexity index is 587. The first kappa shape index (κ1) is 20.9. The summed E-state index contributed by atoms with van der Waals surface area (Å²) in [5.74, 6) is 0.554. The van der Waals surface area contributed by atoms with Crippen LogP contribution in [0.3, 0.4) is 0 Å².